The van der Waals surface area contributed by atoms with Crippen molar-refractivity contribution in [2.24, 2.45) is 5.92 Å². The number of hydrogen-bond acceptors (Lipinski definition) is 5. The van der Waals surface area contributed by atoms with Gasteiger partial charge in [0.05, 0.1) is 12.1 Å². The molecular weight excluding hydrogens is 709 g/mol. The van der Waals surface area contributed by atoms with Crippen LogP contribution in [0.5, 0.6) is 5.75 Å². The minimum absolute atomic E-state index is 0. The van der Waals surface area contributed by atoms with Crippen molar-refractivity contribution >= 4 is 71.8 Å². The average Bonchev–Trinajstić information content (AvgIpc) is 3.02. The monoisotopic (exact) mass is 764 g/mol. The number of urea groups is 1. The maximum atomic E-state index is 13.8. The first-order valence-corrected chi connectivity index (χ1v) is 16.2. The van der Waals surface area contributed by atoms with Gasteiger partial charge in [0.25, 0.3) is 5.91 Å². The van der Waals surface area contributed by atoms with Gasteiger partial charge in [0.1, 0.15) is 11.8 Å². The number of para-hydroxylation sites is 1. The third-order valence-electron chi connectivity index (χ3n) is 8.41. The Morgan fingerprint density at radius 3 is 1.94 bits per heavy atom. The molecule has 0 aliphatic carbocycles. The molecule has 0 aromatic heterocycles. The number of ether oxygens (including phenoxy) is 1. The third-order valence-corrected chi connectivity index (χ3v) is 8.41. The molecule has 1 saturated heterocycles. The Morgan fingerprint density at radius 1 is 0.840 bits per heavy atom. The first-order chi connectivity index (χ1) is 22.1. The van der Waals surface area contributed by atoms with Crippen LogP contribution in [0.15, 0.2) is 78.9 Å². The van der Waals surface area contributed by atoms with Crippen molar-refractivity contribution in [2.75, 3.05) is 19.7 Å². The normalized spacial score (nSPS) is 14.5. The van der Waals surface area contributed by atoms with Crippen LogP contribution in [-0.4, -0.2) is 71.8 Å². The van der Waals surface area contributed by atoms with Crippen molar-refractivity contribution in [3.63, 3.8) is 0 Å². The van der Waals surface area contributed by atoms with E-state index in [0.29, 0.717) is 31.7 Å². The lowest BCUT2D eigenvalue weighted by molar-refractivity contribution is -0.128. The van der Waals surface area contributed by atoms with E-state index in [2.05, 4.69) is 16.0 Å². The van der Waals surface area contributed by atoms with Crippen LogP contribution in [0.4, 0.5) is 4.79 Å². The second-order valence-corrected chi connectivity index (χ2v) is 12.5. The first-order valence-electron chi connectivity index (χ1n) is 16.2. The van der Waals surface area contributed by atoms with Crippen LogP contribution in [-0.2, 0) is 22.4 Å². The number of aryl methyl sites for hydroxylation is 2. The summed E-state index contributed by atoms with van der Waals surface area (Å²) in [5, 5.41) is 20.7. The lowest BCUT2D eigenvalue weighted by atomic mass is 9.92. The number of nitrogens with zero attached hydrogens (tertiary/aromatic N) is 1. The molecule has 0 spiro atoms. The van der Waals surface area contributed by atoms with Gasteiger partial charge in [-0.3, -0.25) is 9.59 Å². The lowest BCUT2D eigenvalue weighted by Crippen LogP contribution is -2.59. The van der Waals surface area contributed by atoms with E-state index in [9.17, 15) is 19.5 Å². The van der Waals surface area contributed by atoms with Gasteiger partial charge in [-0.15, -0.1) is 0 Å². The molecule has 4 amide bonds. The predicted octanol–water partition coefficient (Wildman–Crippen LogP) is 4.78. The molecule has 3 aromatic rings. The van der Waals surface area contributed by atoms with Gasteiger partial charge in [-0.25, -0.2) is 4.79 Å². The van der Waals surface area contributed by atoms with Gasteiger partial charge < -0.3 is 30.7 Å². The topological polar surface area (TPSA) is 120 Å². The van der Waals surface area contributed by atoms with E-state index in [1.807, 2.05) is 107 Å². The maximum Gasteiger partial charge on any atom is 0.318 e. The van der Waals surface area contributed by atoms with E-state index < -0.39 is 24.2 Å². The fraction of sp³-hybridized carbons (Fsp3) is 0.432. The molecule has 1 heterocycles. The highest BCUT2D eigenvalue weighted by atomic mass is 32.1. The Labute approximate surface area is 325 Å². The molecule has 3 aromatic carbocycles. The van der Waals surface area contributed by atoms with E-state index in [1.165, 1.54) is 0 Å². The number of carbonyl (C=O) groups excluding carboxylic acids is 3. The van der Waals surface area contributed by atoms with Crippen molar-refractivity contribution in [1.82, 2.24) is 20.9 Å². The number of carbonyl (C=O) groups is 3. The van der Waals surface area contributed by atoms with E-state index in [0.717, 1.165) is 28.7 Å². The Hall–Kier alpha value is -2.97. The smallest absolute Gasteiger partial charge is 0.318 e. The third kappa shape index (κ3) is 14.0. The molecule has 4 N–H and O–H groups in total. The molecule has 278 valence electrons. The van der Waals surface area contributed by atoms with Crippen LogP contribution in [0.1, 0.15) is 48.9 Å². The van der Waals surface area contributed by atoms with Crippen LogP contribution < -0.4 is 20.7 Å². The van der Waals surface area contributed by atoms with Crippen molar-refractivity contribution in [2.45, 2.75) is 77.6 Å². The summed E-state index contributed by atoms with van der Waals surface area (Å²) in [5.41, 5.74) is 3.84. The summed E-state index contributed by atoms with van der Waals surface area (Å²) >= 11 is 0. The molecule has 9 nitrogen and oxygen atoms in total. The van der Waals surface area contributed by atoms with Crippen LogP contribution >= 0.6 is 54.0 Å². The highest BCUT2D eigenvalue weighted by Gasteiger charge is 2.35. The molecule has 0 radical (unpaired) electrons. The van der Waals surface area contributed by atoms with Crippen LogP contribution in [0, 0.1) is 19.8 Å². The molecule has 2 unspecified atom stereocenters. The second kappa shape index (κ2) is 23.5. The fourth-order valence-corrected chi connectivity index (χ4v) is 6.12. The van der Waals surface area contributed by atoms with Crippen molar-refractivity contribution in [3.8, 4) is 5.75 Å². The van der Waals surface area contributed by atoms with Gasteiger partial charge in [-0.05, 0) is 67.7 Å². The minimum Gasteiger partial charge on any atom is -0.483 e. The predicted molar refractivity (Wildman–Crippen MR) is 221 cm³/mol. The Balaban J connectivity index is 0.00000600. The minimum atomic E-state index is -0.992. The lowest BCUT2D eigenvalue weighted by Gasteiger charge is -2.37. The summed E-state index contributed by atoms with van der Waals surface area (Å²) in [6.07, 6.45) is 0.831. The van der Waals surface area contributed by atoms with Crippen LogP contribution in [0.3, 0.4) is 0 Å². The summed E-state index contributed by atoms with van der Waals surface area (Å²) in [7, 11) is 0. The SMILES string of the molecule is Cc1cccc(C)c1OCC(=O)N[C@@H](Cc1ccccc1)C(O)C[C@H](Cc1ccccc1)NC(=O)C(C(C)C)N1CCCNC1=O.S.S.S.S. The molecule has 13 heteroatoms. The van der Waals surface area contributed by atoms with E-state index in [-0.39, 0.29) is 90.8 Å². The number of nitrogens with one attached hydrogen (secondary N) is 3. The number of aliphatic hydroxyl groups is 1. The highest BCUT2D eigenvalue weighted by Crippen LogP contribution is 2.22. The molecule has 1 aliphatic rings. The van der Waals surface area contributed by atoms with Crippen LogP contribution in [0.2, 0.25) is 0 Å². The molecule has 0 bridgehead atoms. The first kappa shape index (κ1) is 47.0. The van der Waals surface area contributed by atoms with Crippen molar-refractivity contribution in [3.05, 3.63) is 101 Å². The van der Waals surface area contributed by atoms with Gasteiger partial charge in [0, 0.05) is 19.1 Å². The zero-order valence-electron chi connectivity index (χ0n) is 29.4. The Kier molecular flexibility index (Phi) is 22.1. The van der Waals surface area contributed by atoms with E-state index >= 15 is 0 Å². The zero-order chi connectivity index (χ0) is 33.1. The number of rotatable bonds is 15. The summed E-state index contributed by atoms with van der Waals surface area (Å²) < 4.78 is 5.90. The molecule has 50 heavy (non-hydrogen) atoms. The van der Waals surface area contributed by atoms with Crippen LogP contribution in [0.25, 0.3) is 0 Å². The summed E-state index contributed by atoms with van der Waals surface area (Å²) in [5.74, 6) is -0.0493. The highest BCUT2D eigenvalue weighted by molar-refractivity contribution is 7.59. The molecular formula is C37H56N4O5S4. The molecule has 1 fully saturated rings. The van der Waals surface area contributed by atoms with Gasteiger partial charge in [0.15, 0.2) is 6.61 Å². The number of benzene rings is 3. The molecule has 1 aliphatic heterocycles. The number of amides is 4. The average molecular weight is 765 g/mol. The summed E-state index contributed by atoms with van der Waals surface area (Å²) in [6, 6.07) is 23.3. The second-order valence-electron chi connectivity index (χ2n) is 12.5. The standard InChI is InChI=1S/C37H48N4O5.4H2S/c1-25(2)34(41-20-12-19-38-37(41)45)36(44)39-30(21-28-15-7-5-8-16-28)23-32(42)31(22-29-17-9-6-10-18-29)40-33(43)24-46-35-26(3)13-11-14-27(35)4;;;;/h5-11,13-18,25,30-32,34,42H,12,19-24H2,1-4H3,(H,38,45)(H,39,44)(H,40,43);4*1H2/t30-,31-,32?,34?;;;;/m0..../s1. The summed E-state index contributed by atoms with van der Waals surface area (Å²) in [6.45, 7) is 8.63. The van der Waals surface area contributed by atoms with Gasteiger partial charge in [-0.1, -0.05) is 92.7 Å². The Morgan fingerprint density at radius 2 is 1.40 bits per heavy atom. The van der Waals surface area contributed by atoms with Gasteiger partial charge >= 0.3 is 6.03 Å². The molecule has 0 saturated carbocycles. The van der Waals surface area contributed by atoms with Gasteiger partial charge in [0.2, 0.25) is 5.91 Å². The van der Waals surface area contributed by atoms with Crippen molar-refractivity contribution in [1.29, 1.82) is 0 Å². The molecule has 4 rings (SSSR count). The maximum absolute atomic E-state index is 13.8. The van der Waals surface area contributed by atoms with E-state index in [1.54, 1.807) is 4.90 Å². The zero-order valence-corrected chi connectivity index (χ0v) is 33.4. The largest absolute Gasteiger partial charge is 0.483 e. The number of hydrogen-bond donors (Lipinski definition) is 4. The molecule has 4 atom stereocenters. The quantitative estimate of drug-likeness (QED) is 0.178. The van der Waals surface area contributed by atoms with E-state index in [4.69, 9.17) is 4.74 Å². The van der Waals surface area contributed by atoms with Gasteiger partial charge in [-0.2, -0.15) is 54.0 Å². The Bertz CT molecular complexity index is 1430. The fourth-order valence-electron chi connectivity index (χ4n) is 6.12. The number of aliphatic hydroxyl groups excluding tert-OH is 1. The van der Waals surface area contributed by atoms with Crippen molar-refractivity contribution < 1.29 is 24.2 Å². The summed E-state index contributed by atoms with van der Waals surface area (Å²) in [4.78, 5) is 41.3.